The van der Waals surface area contributed by atoms with E-state index in [9.17, 15) is 9.59 Å². The predicted octanol–water partition coefficient (Wildman–Crippen LogP) is 4.71. The van der Waals surface area contributed by atoms with Gasteiger partial charge in [0, 0.05) is 6.42 Å². The molecule has 0 aromatic carbocycles. The molecule has 0 heterocycles. The molecule has 3 aliphatic rings. The summed E-state index contributed by atoms with van der Waals surface area (Å²) in [5.74, 6) is 1.78. The van der Waals surface area contributed by atoms with Crippen LogP contribution >= 0.6 is 0 Å². The van der Waals surface area contributed by atoms with Crippen LogP contribution in [0.4, 0.5) is 4.79 Å². The summed E-state index contributed by atoms with van der Waals surface area (Å²) in [6.07, 6.45) is 6.74. The molecule has 3 fully saturated rings. The average molecular weight is 350 g/mol. The number of ether oxygens (including phenoxy) is 1. The second-order valence-corrected chi connectivity index (χ2v) is 10.5. The molecule has 5 unspecified atom stereocenters. The Balaban J connectivity index is 1.91. The molecule has 1 spiro atoms. The van der Waals surface area contributed by atoms with Gasteiger partial charge >= 0.3 is 6.09 Å². The van der Waals surface area contributed by atoms with Crippen LogP contribution in [0.25, 0.3) is 0 Å². The summed E-state index contributed by atoms with van der Waals surface area (Å²) in [5.41, 5.74) is -0.434. The number of amides is 1. The number of carbonyl (C=O) groups excluding carboxylic acids is 2. The second kappa shape index (κ2) is 5.72. The van der Waals surface area contributed by atoms with Crippen molar-refractivity contribution in [3.63, 3.8) is 0 Å². The average Bonchev–Trinajstić information content (AvgIpc) is 2.87. The minimum absolute atomic E-state index is 0.138. The Labute approximate surface area is 152 Å². The van der Waals surface area contributed by atoms with E-state index >= 15 is 0 Å². The third kappa shape index (κ3) is 2.80. The molecule has 0 aromatic rings. The van der Waals surface area contributed by atoms with Crippen LogP contribution in [-0.2, 0) is 9.53 Å². The van der Waals surface area contributed by atoms with Gasteiger partial charge < -0.3 is 14.8 Å². The lowest BCUT2D eigenvalue weighted by Gasteiger charge is -2.49. The van der Waals surface area contributed by atoms with Crippen LogP contribution in [0.5, 0.6) is 0 Å². The molecule has 3 rings (SSSR count). The van der Waals surface area contributed by atoms with Gasteiger partial charge in [-0.1, -0.05) is 20.8 Å². The number of aldehydes is 1. The summed E-state index contributed by atoms with van der Waals surface area (Å²) < 4.78 is 5.53. The van der Waals surface area contributed by atoms with E-state index in [1.807, 2.05) is 20.8 Å². The highest BCUT2D eigenvalue weighted by Crippen LogP contribution is 2.73. The lowest BCUT2D eigenvalue weighted by Crippen LogP contribution is -2.59. The molecule has 25 heavy (non-hydrogen) atoms. The fraction of sp³-hybridized carbons (Fsp3) is 0.905. The number of alkyl carbamates (subject to hydrolysis) is 1. The van der Waals surface area contributed by atoms with E-state index < -0.39 is 11.1 Å². The molecule has 1 amide bonds. The lowest BCUT2D eigenvalue weighted by atomic mass is 9.61. The van der Waals surface area contributed by atoms with Gasteiger partial charge in [-0.2, -0.15) is 0 Å². The van der Waals surface area contributed by atoms with Crippen LogP contribution in [0.3, 0.4) is 0 Å². The minimum atomic E-state index is -0.529. The number of carbonyl (C=O) groups is 2. The van der Waals surface area contributed by atoms with Crippen molar-refractivity contribution in [3.05, 3.63) is 0 Å². The Morgan fingerprint density at radius 2 is 1.88 bits per heavy atom. The van der Waals surface area contributed by atoms with E-state index in [2.05, 4.69) is 26.1 Å². The fourth-order valence-corrected chi connectivity index (χ4v) is 6.84. The summed E-state index contributed by atoms with van der Waals surface area (Å²) >= 11 is 0. The monoisotopic (exact) mass is 349 g/mol. The lowest BCUT2D eigenvalue weighted by molar-refractivity contribution is -0.110. The standard InChI is InChI=1S/C21H35NO3/c1-14-7-8-15-19(5,6)16-13-20(14,15)9-10-21(16,11-12-23)22-17(24)25-18(2,3)4/h12,14-16H,7-11,13H2,1-6H3,(H,22,24). The first-order valence-electron chi connectivity index (χ1n) is 9.92. The maximum Gasteiger partial charge on any atom is 0.408 e. The van der Waals surface area contributed by atoms with Gasteiger partial charge in [0.05, 0.1) is 5.54 Å². The van der Waals surface area contributed by atoms with Crippen LogP contribution in [0.2, 0.25) is 0 Å². The molecule has 5 atom stereocenters. The van der Waals surface area contributed by atoms with Crippen LogP contribution in [0, 0.1) is 28.6 Å². The number of hydrogen-bond donors (Lipinski definition) is 1. The van der Waals surface area contributed by atoms with Crippen molar-refractivity contribution in [3.8, 4) is 0 Å². The van der Waals surface area contributed by atoms with Gasteiger partial charge in [0.2, 0.25) is 0 Å². The summed E-state index contributed by atoms with van der Waals surface area (Å²) in [5, 5.41) is 3.18. The Hall–Kier alpha value is -1.06. The molecule has 3 aliphatic carbocycles. The molecule has 4 heteroatoms. The first kappa shape index (κ1) is 18.7. The summed E-state index contributed by atoms with van der Waals surface area (Å²) in [7, 11) is 0. The smallest absolute Gasteiger partial charge is 0.408 e. The molecule has 1 N–H and O–H groups in total. The molecule has 0 radical (unpaired) electrons. The molecule has 4 nitrogen and oxygen atoms in total. The molecular weight excluding hydrogens is 314 g/mol. The second-order valence-electron chi connectivity index (χ2n) is 10.5. The number of rotatable bonds is 3. The summed E-state index contributed by atoms with van der Waals surface area (Å²) in [6.45, 7) is 12.8. The quantitative estimate of drug-likeness (QED) is 0.751. The summed E-state index contributed by atoms with van der Waals surface area (Å²) in [4.78, 5) is 24.1. The van der Waals surface area contributed by atoms with E-state index in [4.69, 9.17) is 4.74 Å². The van der Waals surface area contributed by atoms with E-state index in [1.165, 1.54) is 12.8 Å². The van der Waals surface area contributed by atoms with Crippen molar-refractivity contribution >= 4 is 12.4 Å². The van der Waals surface area contributed by atoms with Crippen LogP contribution in [-0.4, -0.2) is 23.5 Å². The van der Waals surface area contributed by atoms with Crippen LogP contribution < -0.4 is 5.32 Å². The Bertz CT molecular complexity index is 564. The Kier molecular flexibility index (Phi) is 4.28. The predicted molar refractivity (Wildman–Crippen MR) is 98.2 cm³/mol. The topological polar surface area (TPSA) is 55.4 Å². The molecular formula is C21H35NO3. The van der Waals surface area contributed by atoms with Crippen molar-refractivity contribution in [1.82, 2.24) is 5.32 Å². The van der Waals surface area contributed by atoms with Gasteiger partial charge in [-0.05, 0) is 81.5 Å². The highest BCUT2D eigenvalue weighted by molar-refractivity contribution is 5.70. The van der Waals surface area contributed by atoms with Gasteiger partial charge in [-0.15, -0.1) is 0 Å². The maximum atomic E-state index is 12.6. The van der Waals surface area contributed by atoms with Gasteiger partial charge in [-0.3, -0.25) is 0 Å². The molecule has 2 bridgehead atoms. The van der Waals surface area contributed by atoms with Gasteiger partial charge in [-0.25, -0.2) is 4.79 Å². The first-order valence-corrected chi connectivity index (χ1v) is 9.92. The van der Waals surface area contributed by atoms with Gasteiger partial charge in [0.25, 0.3) is 0 Å². The molecule has 3 saturated carbocycles. The zero-order valence-electron chi connectivity index (χ0n) is 16.8. The zero-order valence-corrected chi connectivity index (χ0v) is 16.8. The molecule has 0 aromatic heterocycles. The van der Waals surface area contributed by atoms with Crippen molar-refractivity contribution < 1.29 is 14.3 Å². The number of fused-ring (bicyclic) bond motifs is 1. The van der Waals surface area contributed by atoms with E-state index in [1.54, 1.807) is 0 Å². The van der Waals surface area contributed by atoms with E-state index in [0.717, 1.165) is 31.5 Å². The minimum Gasteiger partial charge on any atom is -0.444 e. The van der Waals surface area contributed by atoms with Crippen molar-refractivity contribution in [1.29, 1.82) is 0 Å². The number of hydrogen-bond acceptors (Lipinski definition) is 3. The van der Waals surface area contributed by atoms with Crippen LogP contribution in [0.1, 0.15) is 80.1 Å². The largest absolute Gasteiger partial charge is 0.444 e. The van der Waals surface area contributed by atoms with Crippen molar-refractivity contribution in [2.45, 2.75) is 91.2 Å². The highest BCUT2D eigenvalue weighted by Gasteiger charge is 2.69. The maximum absolute atomic E-state index is 12.6. The fourth-order valence-electron chi connectivity index (χ4n) is 6.84. The highest BCUT2D eigenvalue weighted by atomic mass is 16.6. The molecule has 142 valence electrons. The first-order chi connectivity index (χ1) is 11.5. The van der Waals surface area contributed by atoms with Crippen LogP contribution in [0.15, 0.2) is 0 Å². The molecule has 0 saturated heterocycles. The Morgan fingerprint density at radius 3 is 2.48 bits per heavy atom. The van der Waals surface area contributed by atoms with E-state index in [0.29, 0.717) is 23.7 Å². The zero-order chi connectivity index (χ0) is 18.7. The van der Waals surface area contributed by atoms with Gasteiger partial charge in [0.1, 0.15) is 11.9 Å². The van der Waals surface area contributed by atoms with Gasteiger partial charge in [0.15, 0.2) is 0 Å². The normalized spacial score (nSPS) is 41.9. The third-order valence-electron chi connectivity index (χ3n) is 7.85. The van der Waals surface area contributed by atoms with E-state index in [-0.39, 0.29) is 11.5 Å². The Morgan fingerprint density at radius 1 is 1.20 bits per heavy atom. The molecule has 0 aliphatic heterocycles. The third-order valence-corrected chi connectivity index (χ3v) is 7.85. The number of nitrogens with one attached hydrogen (secondary N) is 1. The SMILES string of the molecule is CC1CCC2C(C)(C)C3CC12CCC3(CC=O)NC(=O)OC(C)(C)C. The van der Waals surface area contributed by atoms with Crippen molar-refractivity contribution in [2.75, 3.05) is 0 Å². The summed E-state index contributed by atoms with van der Waals surface area (Å²) in [6, 6.07) is 0. The van der Waals surface area contributed by atoms with Crippen molar-refractivity contribution in [2.24, 2.45) is 28.6 Å².